The van der Waals surface area contributed by atoms with E-state index in [0.29, 0.717) is 23.1 Å². The van der Waals surface area contributed by atoms with Crippen molar-refractivity contribution in [3.8, 4) is 11.4 Å². The molecule has 0 saturated heterocycles. The van der Waals surface area contributed by atoms with Gasteiger partial charge < -0.3 is 10.1 Å². The number of aryl methyl sites for hydroxylation is 1. The molecule has 0 bridgehead atoms. The lowest BCUT2D eigenvalue weighted by atomic mass is 10.0. The number of rotatable bonds is 14. The summed E-state index contributed by atoms with van der Waals surface area (Å²) in [5, 5.41) is 10.8. The highest BCUT2D eigenvalue weighted by atomic mass is 35.5. The van der Waals surface area contributed by atoms with Crippen molar-refractivity contribution in [3.05, 3.63) is 104 Å². The van der Waals surface area contributed by atoms with Crippen molar-refractivity contribution >= 4 is 55.2 Å². The zero-order chi connectivity index (χ0) is 43.0. The van der Waals surface area contributed by atoms with Crippen molar-refractivity contribution in [2.45, 2.75) is 63.5 Å². The highest BCUT2D eigenvalue weighted by Crippen LogP contribution is 2.68. The largest absolute Gasteiger partial charge is 0.494 e. The highest BCUT2D eigenvalue weighted by molar-refractivity contribution is 7.92. The van der Waals surface area contributed by atoms with E-state index in [2.05, 4.69) is 20.2 Å². The van der Waals surface area contributed by atoms with E-state index >= 15 is 8.78 Å². The van der Waals surface area contributed by atoms with E-state index in [9.17, 15) is 35.6 Å². The van der Waals surface area contributed by atoms with Gasteiger partial charge in [-0.25, -0.2) is 31.0 Å². The lowest BCUT2D eigenvalue weighted by Crippen LogP contribution is -2.38. The van der Waals surface area contributed by atoms with Crippen LogP contribution in [0.3, 0.4) is 0 Å². The Balaban J connectivity index is 1.32. The molecule has 3 atom stereocenters. The normalized spacial score (nSPS) is 17.2. The second kappa shape index (κ2) is 15.1. The first kappa shape index (κ1) is 41.1. The number of anilines is 1. The van der Waals surface area contributed by atoms with Gasteiger partial charge >= 0.3 is 0 Å². The first-order valence-corrected chi connectivity index (χ1v) is 21.0. The summed E-state index contributed by atoms with van der Waals surface area (Å²) in [6.07, 6.45) is -1.20. The molecule has 3 heterocycles. The summed E-state index contributed by atoms with van der Waals surface area (Å²) in [4.78, 5) is 33.7. The fraction of sp³-hybridized carbons (Fsp3) is 0.359. The van der Waals surface area contributed by atoms with E-state index in [0.717, 1.165) is 35.8 Å². The number of nitrogens with one attached hydrogen (secondary N) is 2. The van der Waals surface area contributed by atoms with Crippen LogP contribution in [0.5, 0.6) is 5.75 Å². The van der Waals surface area contributed by atoms with Crippen LogP contribution in [0.2, 0.25) is 5.02 Å². The molecule has 1 amide bonds. The maximum absolute atomic E-state index is 15.5. The van der Waals surface area contributed by atoms with Gasteiger partial charge in [-0.05, 0) is 60.7 Å². The first-order chi connectivity index (χ1) is 28.4. The van der Waals surface area contributed by atoms with Crippen molar-refractivity contribution in [1.82, 2.24) is 34.4 Å². The Bertz CT molecular complexity index is 2880. The number of sulfonamides is 1. The van der Waals surface area contributed by atoms with Gasteiger partial charge in [0.2, 0.25) is 15.9 Å². The van der Waals surface area contributed by atoms with Crippen molar-refractivity contribution in [3.63, 3.8) is 0 Å². The molecule has 13 nitrogen and oxygen atoms in total. The number of carbonyl (C=O) groups excluding carboxylic acids is 1. The van der Waals surface area contributed by atoms with Gasteiger partial charge in [0, 0.05) is 37.1 Å². The third-order valence-electron chi connectivity index (χ3n) is 10.5. The molecule has 0 unspecified atom stereocenters. The molecule has 3 aromatic carbocycles. The van der Waals surface area contributed by atoms with Gasteiger partial charge in [0.05, 0.1) is 51.4 Å². The van der Waals surface area contributed by atoms with Crippen LogP contribution in [0.15, 0.2) is 53.3 Å². The molecule has 60 heavy (non-hydrogen) atoms. The summed E-state index contributed by atoms with van der Waals surface area (Å²) in [5.74, 6) is -8.62. The van der Waals surface area contributed by atoms with Gasteiger partial charge in [-0.1, -0.05) is 24.9 Å². The molecular weight excluding hydrogens is 842 g/mol. The molecule has 0 radical (unpaired) electrons. The van der Waals surface area contributed by atoms with E-state index < -0.39 is 87.7 Å². The van der Waals surface area contributed by atoms with Gasteiger partial charge in [0.1, 0.15) is 41.1 Å². The van der Waals surface area contributed by atoms with Crippen molar-refractivity contribution in [1.29, 1.82) is 0 Å². The average Bonchev–Trinajstić information content (AvgIpc) is 3.70. The van der Waals surface area contributed by atoms with Crippen LogP contribution in [0.4, 0.5) is 32.2 Å². The maximum Gasteiger partial charge on any atom is 0.293 e. The molecule has 2 aliphatic rings. The van der Waals surface area contributed by atoms with Gasteiger partial charge in [-0.15, -0.1) is 0 Å². The standard InChI is InChI=1S/C39H35ClF6N8O5S/c1-4-5-10-59-21-6-7-22-26(15-21)48-37(54(38(22)56)28-9-8-25(40)31-33(28)52(2)50-36(31)51-60(3,57)58)27(13-18-11-19(41)14-20(42)12-18)47-29(55)17-53-34-30(32(49-53)35(43)44)23-16-24(23)39(34,45)46/h6-9,11-12,14-15,23-24,27,35H,4-5,10,13,16-17H2,1-3H3,(H,47,55)(H,50,51)/t23-,24+,27+/m1/s1. The van der Waals surface area contributed by atoms with Crippen LogP contribution in [-0.2, 0) is 40.8 Å². The maximum atomic E-state index is 15.5. The van der Waals surface area contributed by atoms with Crippen LogP contribution >= 0.6 is 11.6 Å². The number of halogens is 7. The molecule has 21 heteroatoms. The third-order valence-corrected chi connectivity index (χ3v) is 11.4. The Labute approximate surface area is 342 Å². The number of unbranched alkanes of at least 4 members (excludes halogenated alkanes) is 1. The predicted molar refractivity (Wildman–Crippen MR) is 208 cm³/mol. The minimum atomic E-state index is -3.90. The number of hydrogen-bond donors (Lipinski definition) is 2. The van der Waals surface area contributed by atoms with Crippen molar-refractivity contribution < 1.29 is 44.3 Å². The van der Waals surface area contributed by atoms with Crippen LogP contribution in [0, 0.1) is 17.6 Å². The molecule has 8 rings (SSSR count). The smallest absolute Gasteiger partial charge is 0.293 e. The highest BCUT2D eigenvalue weighted by Gasteiger charge is 2.67. The molecule has 3 aromatic heterocycles. The molecule has 1 saturated carbocycles. The van der Waals surface area contributed by atoms with Gasteiger partial charge in [0.15, 0.2) is 5.82 Å². The quantitative estimate of drug-likeness (QED) is 0.0861. The Hall–Kier alpha value is -5.63. The Morgan fingerprint density at radius 2 is 1.82 bits per heavy atom. The number of nitrogens with zero attached hydrogens (tertiary/aromatic N) is 6. The summed E-state index contributed by atoms with van der Waals surface area (Å²) in [7, 11) is -2.44. The Morgan fingerprint density at radius 1 is 1.08 bits per heavy atom. The summed E-state index contributed by atoms with van der Waals surface area (Å²) in [5.41, 5.74) is -2.45. The van der Waals surface area contributed by atoms with Crippen LogP contribution in [0.1, 0.15) is 72.9 Å². The van der Waals surface area contributed by atoms with E-state index in [4.69, 9.17) is 21.3 Å². The average molecular weight is 877 g/mol. The van der Waals surface area contributed by atoms with Crippen LogP contribution < -0.4 is 20.3 Å². The van der Waals surface area contributed by atoms with Crippen molar-refractivity contribution in [2.75, 3.05) is 17.6 Å². The number of fused-ring (bicyclic) bond motifs is 5. The number of benzene rings is 3. The molecule has 0 spiro atoms. The summed E-state index contributed by atoms with van der Waals surface area (Å²) in [6, 6.07) is 8.41. The Kier molecular flexibility index (Phi) is 10.4. The van der Waals surface area contributed by atoms with E-state index in [1.54, 1.807) is 6.07 Å². The molecule has 0 aliphatic heterocycles. The minimum absolute atomic E-state index is 0.000833. The van der Waals surface area contributed by atoms with E-state index in [-0.39, 0.29) is 61.7 Å². The second-order valence-corrected chi connectivity index (χ2v) is 17.1. The SMILES string of the molecule is CCCCOc1ccc2c(=O)n(-c3ccc(Cl)c4c(NS(C)(=O)=O)nn(C)c34)c([C@H](Cc3cc(F)cc(F)c3)NC(=O)Cn3nc(C(F)F)c4c3C(F)(F)[C@H]3C[C@@H]43)nc2c1. The fourth-order valence-electron chi connectivity index (χ4n) is 7.98. The number of alkyl halides is 4. The third kappa shape index (κ3) is 7.43. The molecule has 1 fully saturated rings. The molecule has 2 aliphatic carbocycles. The number of hydrogen-bond acceptors (Lipinski definition) is 8. The van der Waals surface area contributed by atoms with Gasteiger partial charge in [-0.2, -0.15) is 19.0 Å². The fourth-order valence-corrected chi connectivity index (χ4v) is 8.72. The lowest BCUT2D eigenvalue weighted by Gasteiger charge is -2.24. The number of ether oxygens (including phenoxy) is 1. The van der Waals surface area contributed by atoms with Crippen LogP contribution in [0.25, 0.3) is 27.5 Å². The van der Waals surface area contributed by atoms with Crippen LogP contribution in [-0.4, -0.2) is 56.3 Å². The molecular formula is C39H35ClF6N8O5S. The first-order valence-electron chi connectivity index (χ1n) is 18.7. The van der Waals surface area contributed by atoms with E-state index in [1.165, 1.54) is 36.0 Å². The minimum Gasteiger partial charge on any atom is -0.494 e. The zero-order valence-electron chi connectivity index (χ0n) is 31.9. The van der Waals surface area contributed by atoms with Gasteiger partial charge in [0.25, 0.3) is 17.9 Å². The molecule has 2 N–H and O–H groups in total. The van der Waals surface area contributed by atoms with Crippen molar-refractivity contribution in [2.24, 2.45) is 13.0 Å². The summed E-state index contributed by atoms with van der Waals surface area (Å²) in [6.45, 7) is 1.34. The topological polar surface area (TPSA) is 155 Å². The predicted octanol–water partition coefficient (Wildman–Crippen LogP) is 7.20. The van der Waals surface area contributed by atoms with E-state index in [1.807, 2.05) is 6.92 Å². The number of amides is 1. The monoisotopic (exact) mass is 876 g/mol. The number of aromatic nitrogens is 6. The lowest BCUT2D eigenvalue weighted by molar-refractivity contribution is -0.123. The molecule has 316 valence electrons. The van der Waals surface area contributed by atoms with Gasteiger partial charge in [-0.3, -0.25) is 28.2 Å². The Morgan fingerprint density at radius 3 is 2.50 bits per heavy atom. The summed E-state index contributed by atoms with van der Waals surface area (Å²) >= 11 is 6.60. The summed E-state index contributed by atoms with van der Waals surface area (Å²) < 4.78 is 124. The number of carbonyl (C=O) groups is 1. The second-order valence-electron chi connectivity index (χ2n) is 14.9. The molecule has 6 aromatic rings. The zero-order valence-corrected chi connectivity index (χ0v) is 33.5.